The first-order chi connectivity index (χ1) is 7.95. The van der Waals surface area contributed by atoms with Crippen molar-refractivity contribution in [2.24, 2.45) is 0 Å². The van der Waals surface area contributed by atoms with Gasteiger partial charge < -0.3 is 15.3 Å². The van der Waals surface area contributed by atoms with Crippen molar-refractivity contribution >= 4 is 27.6 Å². The Bertz CT molecular complexity index is 409. The molecular formula is C12H17BrN2O2. The smallest absolute Gasteiger partial charge is 0.321 e. The van der Waals surface area contributed by atoms with Crippen LogP contribution in [0.25, 0.3) is 0 Å². The zero-order valence-corrected chi connectivity index (χ0v) is 11.8. The molecule has 4 nitrogen and oxygen atoms in total. The molecule has 0 aromatic heterocycles. The Morgan fingerprint density at radius 2 is 2.24 bits per heavy atom. The van der Waals surface area contributed by atoms with E-state index >= 15 is 0 Å². The minimum absolute atomic E-state index is 0.0566. The first-order valence-electron chi connectivity index (χ1n) is 5.36. The summed E-state index contributed by atoms with van der Waals surface area (Å²) in [6.07, 6.45) is 0. The van der Waals surface area contributed by atoms with Crippen molar-refractivity contribution < 1.29 is 9.90 Å². The van der Waals surface area contributed by atoms with Crippen LogP contribution in [0.1, 0.15) is 12.5 Å². The second-order valence-electron chi connectivity index (χ2n) is 4.06. The third kappa shape index (κ3) is 3.71. The maximum atomic E-state index is 11.8. The number of urea groups is 1. The van der Waals surface area contributed by atoms with E-state index in [0.29, 0.717) is 0 Å². The Morgan fingerprint density at radius 1 is 1.59 bits per heavy atom. The first kappa shape index (κ1) is 14.0. The van der Waals surface area contributed by atoms with Gasteiger partial charge in [0.15, 0.2) is 0 Å². The summed E-state index contributed by atoms with van der Waals surface area (Å²) < 4.78 is 0.843. The van der Waals surface area contributed by atoms with E-state index in [1.807, 2.05) is 25.1 Å². The van der Waals surface area contributed by atoms with Gasteiger partial charge in [-0.25, -0.2) is 4.79 Å². The second kappa shape index (κ2) is 6.02. The van der Waals surface area contributed by atoms with Crippen LogP contribution < -0.4 is 5.32 Å². The molecule has 1 unspecified atom stereocenters. The summed E-state index contributed by atoms with van der Waals surface area (Å²) in [6.45, 7) is 3.71. The van der Waals surface area contributed by atoms with Gasteiger partial charge in [0, 0.05) is 11.5 Å². The van der Waals surface area contributed by atoms with Crippen LogP contribution in [0.4, 0.5) is 10.5 Å². The van der Waals surface area contributed by atoms with Gasteiger partial charge in [0.2, 0.25) is 0 Å². The number of likely N-dealkylation sites (N-methyl/N-ethyl adjacent to an activating group) is 1. The molecule has 0 aliphatic rings. The van der Waals surface area contributed by atoms with Crippen molar-refractivity contribution in [3.05, 3.63) is 28.2 Å². The van der Waals surface area contributed by atoms with E-state index in [0.717, 1.165) is 15.7 Å². The maximum Gasteiger partial charge on any atom is 0.321 e. The summed E-state index contributed by atoms with van der Waals surface area (Å²) in [5.41, 5.74) is 1.84. The standard InChI is InChI=1S/C12H17BrN2O2/c1-8-4-5-11(10(13)6-8)14-12(17)15(3)9(2)7-16/h4-6,9,16H,7H2,1-3H3,(H,14,17). The molecule has 1 rings (SSSR count). The van der Waals surface area contributed by atoms with Gasteiger partial charge >= 0.3 is 6.03 Å². The quantitative estimate of drug-likeness (QED) is 0.901. The second-order valence-corrected chi connectivity index (χ2v) is 4.91. The van der Waals surface area contributed by atoms with Crippen molar-refractivity contribution in [3.8, 4) is 0 Å². The fourth-order valence-corrected chi connectivity index (χ4v) is 1.84. The van der Waals surface area contributed by atoms with E-state index in [-0.39, 0.29) is 18.7 Å². The lowest BCUT2D eigenvalue weighted by Crippen LogP contribution is -2.40. The lowest BCUT2D eigenvalue weighted by Gasteiger charge is -2.23. The van der Waals surface area contributed by atoms with Crippen molar-refractivity contribution in [1.29, 1.82) is 0 Å². The zero-order valence-electron chi connectivity index (χ0n) is 10.2. The minimum atomic E-state index is -0.240. The molecule has 94 valence electrons. The predicted octanol–water partition coefficient (Wildman–Crippen LogP) is 2.60. The fraction of sp³-hybridized carbons (Fsp3) is 0.417. The number of nitrogens with one attached hydrogen (secondary N) is 1. The van der Waals surface area contributed by atoms with Crippen LogP contribution in [0, 0.1) is 6.92 Å². The van der Waals surface area contributed by atoms with Crippen LogP contribution in [-0.2, 0) is 0 Å². The number of nitrogens with zero attached hydrogens (tertiary/aromatic N) is 1. The molecule has 1 aromatic carbocycles. The number of carbonyl (C=O) groups is 1. The summed E-state index contributed by atoms with van der Waals surface area (Å²) in [5, 5.41) is 11.8. The van der Waals surface area contributed by atoms with E-state index in [2.05, 4.69) is 21.2 Å². The largest absolute Gasteiger partial charge is 0.394 e. The number of aryl methyl sites for hydroxylation is 1. The number of aliphatic hydroxyl groups is 1. The van der Waals surface area contributed by atoms with Gasteiger partial charge in [-0.1, -0.05) is 6.07 Å². The highest BCUT2D eigenvalue weighted by molar-refractivity contribution is 9.10. The Balaban J connectivity index is 2.74. The topological polar surface area (TPSA) is 52.6 Å². The highest BCUT2D eigenvalue weighted by atomic mass is 79.9. The number of halogens is 1. The molecule has 1 aromatic rings. The molecule has 5 heteroatoms. The molecule has 0 heterocycles. The van der Waals surface area contributed by atoms with Gasteiger partial charge in [-0.15, -0.1) is 0 Å². The molecule has 17 heavy (non-hydrogen) atoms. The number of aliphatic hydroxyl groups excluding tert-OH is 1. The van der Waals surface area contributed by atoms with E-state index in [1.165, 1.54) is 4.90 Å². The third-order valence-corrected chi connectivity index (χ3v) is 3.27. The molecule has 0 saturated carbocycles. The number of rotatable bonds is 3. The number of hydrogen-bond acceptors (Lipinski definition) is 2. The zero-order chi connectivity index (χ0) is 13.0. The summed E-state index contributed by atoms with van der Waals surface area (Å²) in [4.78, 5) is 13.3. The molecule has 1 atom stereocenters. The lowest BCUT2D eigenvalue weighted by molar-refractivity contribution is 0.166. The summed E-state index contributed by atoms with van der Waals surface area (Å²) >= 11 is 3.40. The monoisotopic (exact) mass is 300 g/mol. The number of benzene rings is 1. The van der Waals surface area contributed by atoms with Gasteiger partial charge in [0.25, 0.3) is 0 Å². The van der Waals surface area contributed by atoms with E-state index < -0.39 is 0 Å². The fourth-order valence-electron chi connectivity index (χ4n) is 1.25. The van der Waals surface area contributed by atoms with Crippen LogP contribution in [0.5, 0.6) is 0 Å². The van der Waals surface area contributed by atoms with Gasteiger partial charge in [0.05, 0.1) is 18.3 Å². The number of amides is 2. The Kier molecular flexibility index (Phi) is 4.96. The number of carbonyl (C=O) groups excluding carboxylic acids is 1. The van der Waals surface area contributed by atoms with Crippen molar-refractivity contribution in [2.75, 3.05) is 19.0 Å². The van der Waals surface area contributed by atoms with Crippen LogP contribution in [0.15, 0.2) is 22.7 Å². The molecule has 0 aliphatic carbocycles. The van der Waals surface area contributed by atoms with Crippen LogP contribution in [-0.4, -0.2) is 35.7 Å². The predicted molar refractivity (Wildman–Crippen MR) is 72.2 cm³/mol. The van der Waals surface area contributed by atoms with Gasteiger partial charge in [-0.2, -0.15) is 0 Å². The van der Waals surface area contributed by atoms with Crippen molar-refractivity contribution in [2.45, 2.75) is 19.9 Å². The number of hydrogen-bond donors (Lipinski definition) is 2. The van der Waals surface area contributed by atoms with E-state index in [4.69, 9.17) is 5.11 Å². The van der Waals surface area contributed by atoms with E-state index in [9.17, 15) is 4.79 Å². The molecule has 0 spiro atoms. The summed E-state index contributed by atoms with van der Waals surface area (Å²) in [6, 6.07) is 5.26. The van der Waals surface area contributed by atoms with Crippen LogP contribution in [0.2, 0.25) is 0 Å². The molecular weight excluding hydrogens is 284 g/mol. The maximum absolute atomic E-state index is 11.8. The Hall–Kier alpha value is -1.07. The SMILES string of the molecule is Cc1ccc(NC(=O)N(C)C(C)CO)c(Br)c1. The highest BCUT2D eigenvalue weighted by Gasteiger charge is 2.15. The summed E-state index contributed by atoms with van der Waals surface area (Å²) in [5.74, 6) is 0. The highest BCUT2D eigenvalue weighted by Crippen LogP contribution is 2.23. The van der Waals surface area contributed by atoms with Gasteiger partial charge in [-0.05, 0) is 47.5 Å². The molecule has 0 aliphatic heterocycles. The normalized spacial score (nSPS) is 12.1. The number of anilines is 1. The molecule has 0 bridgehead atoms. The molecule has 0 fully saturated rings. The minimum Gasteiger partial charge on any atom is -0.394 e. The van der Waals surface area contributed by atoms with Crippen molar-refractivity contribution in [1.82, 2.24) is 4.90 Å². The van der Waals surface area contributed by atoms with Crippen molar-refractivity contribution in [3.63, 3.8) is 0 Å². The molecule has 2 N–H and O–H groups in total. The van der Waals surface area contributed by atoms with Crippen LogP contribution in [0.3, 0.4) is 0 Å². The molecule has 0 radical (unpaired) electrons. The summed E-state index contributed by atoms with van der Waals surface area (Å²) in [7, 11) is 1.65. The average Bonchev–Trinajstić information content (AvgIpc) is 2.30. The molecule has 2 amide bonds. The third-order valence-electron chi connectivity index (χ3n) is 2.61. The Labute approximate surface area is 110 Å². The Morgan fingerprint density at radius 3 is 2.76 bits per heavy atom. The van der Waals surface area contributed by atoms with Gasteiger partial charge in [0.1, 0.15) is 0 Å². The van der Waals surface area contributed by atoms with E-state index in [1.54, 1.807) is 14.0 Å². The lowest BCUT2D eigenvalue weighted by atomic mass is 10.2. The first-order valence-corrected chi connectivity index (χ1v) is 6.15. The van der Waals surface area contributed by atoms with Gasteiger partial charge in [-0.3, -0.25) is 0 Å². The van der Waals surface area contributed by atoms with Crippen LogP contribution >= 0.6 is 15.9 Å². The average molecular weight is 301 g/mol. The molecule has 0 saturated heterocycles.